The third kappa shape index (κ3) is 3.75. The standard InChI is InChI=1S/C12H9Cl2N3O2S/c13-7-1-2-9(10(14)3-7)11(19)6-20-17-5-8(18)4-12(15)16-17/h1-5H,6H2,(H2-,15,16,18)/p+1. The highest BCUT2D eigenvalue weighted by Gasteiger charge is 2.15. The van der Waals surface area contributed by atoms with E-state index in [-0.39, 0.29) is 22.8 Å². The molecule has 1 aromatic carbocycles. The number of aromatic amines is 1. The summed E-state index contributed by atoms with van der Waals surface area (Å²) in [5, 5.41) is 3.50. The molecule has 2 rings (SSSR count). The molecule has 0 aliphatic rings. The van der Waals surface area contributed by atoms with Gasteiger partial charge in [0.2, 0.25) is 5.43 Å². The van der Waals surface area contributed by atoms with Crippen LogP contribution in [0.1, 0.15) is 10.4 Å². The fourth-order valence-electron chi connectivity index (χ4n) is 1.49. The van der Waals surface area contributed by atoms with E-state index in [1.165, 1.54) is 22.4 Å². The fourth-order valence-corrected chi connectivity index (χ4v) is 2.76. The number of nitrogen functional groups attached to an aromatic ring is 1. The van der Waals surface area contributed by atoms with Gasteiger partial charge in [0.1, 0.15) is 5.75 Å². The number of carbonyl (C=O) groups is 1. The highest BCUT2D eigenvalue weighted by atomic mass is 35.5. The number of anilines is 1. The van der Waals surface area contributed by atoms with Gasteiger partial charge in [0, 0.05) is 16.7 Å². The number of nitrogens with two attached hydrogens (primary N) is 1. The minimum Gasteiger partial charge on any atom is -0.381 e. The molecule has 3 N–H and O–H groups in total. The molecule has 0 amide bonds. The third-order valence-electron chi connectivity index (χ3n) is 2.35. The van der Waals surface area contributed by atoms with Crippen molar-refractivity contribution in [2.45, 2.75) is 0 Å². The molecule has 1 aromatic heterocycles. The summed E-state index contributed by atoms with van der Waals surface area (Å²) >= 11 is 12.8. The van der Waals surface area contributed by atoms with Gasteiger partial charge >= 0.3 is 0 Å². The smallest absolute Gasteiger partial charge is 0.256 e. The molecule has 5 nitrogen and oxygen atoms in total. The number of nitrogens with zero attached hydrogens (tertiary/aromatic N) is 1. The number of ketones is 1. The van der Waals surface area contributed by atoms with Gasteiger partial charge in [0.25, 0.3) is 6.20 Å². The van der Waals surface area contributed by atoms with Gasteiger partial charge in [0.05, 0.1) is 5.02 Å². The largest absolute Gasteiger partial charge is 0.381 e. The van der Waals surface area contributed by atoms with Crippen LogP contribution in [0.4, 0.5) is 5.82 Å². The fraction of sp³-hybridized carbons (Fsp3) is 0.0833. The van der Waals surface area contributed by atoms with Crippen LogP contribution in [0.3, 0.4) is 0 Å². The van der Waals surface area contributed by atoms with Crippen molar-refractivity contribution in [3.8, 4) is 0 Å². The predicted octanol–water partition coefficient (Wildman–Crippen LogP) is 1.93. The second-order valence-corrected chi connectivity index (χ2v) is 5.67. The number of hydrogen-bond donors (Lipinski definition) is 2. The zero-order valence-electron chi connectivity index (χ0n) is 10.1. The first kappa shape index (κ1) is 14.9. The Bertz CT molecular complexity index is 718. The molecule has 20 heavy (non-hydrogen) atoms. The summed E-state index contributed by atoms with van der Waals surface area (Å²) in [5.41, 5.74) is 5.65. The second kappa shape index (κ2) is 6.30. The number of hydrogen-bond acceptors (Lipinski definition) is 4. The zero-order valence-corrected chi connectivity index (χ0v) is 12.4. The van der Waals surface area contributed by atoms with Crippen LogP contribution in [0, 0.1) is 0 Å². The van der Waals surface area contributed by atoms with Crippen molar-refractivity contribution in [2.75, 3.05) is 11.5 Å². The van der Waals surface area contributed by atoms with E-state index in [2.05, 4.69) is 5.10 Å². The van der Waals surface area contributed by atoms with Crippen molar-refractivity contribution in [2.24, 2.45) is 0 Å². The number of Topliss-reactive ketones (excluding diaryl/α,β-unsaturated/α-hetero) is 1. The summed E-state index contributed by atoms with van der Waals surface area (Å²) in [4.78, 5) is 23.3. The van der Waals surface area contributed by atoms with Crippen LogP contribution in [0.15, 0.2) is 35.3 Å². The summed E-state index contributed by atoms with van der Waals surface area (Å²) in [6, 6.07) is 5.94. The Morgan fingerprint density at radius 3 is 2.75 bits per heavy atom. The van der Waals surface area contributed by atoms with Crippen LogP contribution in [0.5, 0.6) is 0 Å². The summed E-state index contributed by atoms with van der Waals surface area (Å²) in [5.74, 6) is 0.153. The van der Waals surface area contributed by atoms with Gasteiger partial charge in [0.15, 0.2) is 23.5 Å². The number of benzene rings is 1. The molecule has 0 saturated heterocycles. The summed E-state index contributed by atoms with van der Waals surface area (Å²) < 4.78 is 1.39. The van der Waals surface area contributed by atoms with E-state index in [1.807, 2.05) is 0 Å². The lowest BCUT2D eigenvalue weighted by Gasteiger charge is -2.01. The van der Waals surface area contributed by atoms with E-state index in [9.17, 15) is 9.59 Å². The monoisotopic (exact) mass is 330 g/mol. The SMILES string of the molecule is Nc1cc(=O)c[n+](SCC(=O)c2ccc(Cl)cc2Cl)[nH]1. The van der Waals surface area contributed by atoms with Crippen molar-refractivity contribution in [3.05, 3.63) is 56.3 Å². The summed E-state index contributed by atoms with van der Waals surface area (Å²) in [7, 11) is 0. The first-order valence-electron chi connectivity index (χ1n) is 5.49. The molecule has 0 aliphatic heterocycles. The Kier molecular flexibility index (Phi) is 4.69. The van der Waals surface area contributed by atoms with Crippen molar-refractivity contribution >= 4 is 46.8 Å². The lowest BCUT2D eigenvalue weighted by Crippen LogP contribution is -2.36. The Balaban J connectivity index is 2.10. The lowest BCUT2D eigenvalue weighted by molar-refractivity contribution is -0.564. The average Bonchev–Trinajstić information content (AvgIpc) is 2.35. The predicted molar refractivity (Wildman–Crippen MR) is 80.3 cm³/mol. The molecule has 0 aliphatic carbocycles. The number of rotatable bonds is 4. The molecule has 8 heteroatoms. The maximum Gasteiger partial charge on any atom is 0.256 e. The van der Waals surface area contributed by atoms with Crippen molar-refractivity contribution in [1.82, 2.24) is 5.10 Å². The van der Waals surface area contributed by atoms with Gasteiger partial charge < -0.3 is 5.73 Å². The Labute approximate surface area is 128 Å². The maximum absolute atomic E-state index is 12.0. The van der Waals surface area contributed by atoms with Gasteiger partial charge in [-0.1, -0.05) is 23.2 Å². The van der Waals surface area contributed by atoms with E-state index in [0.717, 1.165) is 11.9 Å². The first-order valence-corrected chi connectivity index (χ1v) is 7.18. The Morgan fingerprint density at radius 1 is 1.35 bits per heavy atom. The minimum absolute atomic E-state index is 0.103. The Morgan fingerprint density at radius 2 is 2.10 bits per heavy atom. The second-order valence-electron chi connectivity index (χ2n) is 3.89. The highest BCUT2D eigenvalue weighted by Crippen LogP contribution is 2.21. The van der Waals surface area contributed by atoms with Crippen LogP contribution >= 0.6 is 35.1 Å². The quantitative estimate of drug-likeness (QED) is 0.663. The number of nitrogens with one attached hydrogen (secondary N) is 1. The van der Waals surface area contributed by atoms with Crippen LogP contribution in [0.25, 0.3) is 0 Å². The normalized spacial score (nSPS) is 10.5. The van der Waals surface area contributed by atoms with Gasteiger partial charge in [-0.05, 0) is 22.3 Å². The number of aromatic nitrogens is 2. The minimum atomic E-state index is -0.245. The maximum atomic E-state index is 12.0. The lowest BCUT2D eigenvalue weighted by atomic mass is 10.1. The van der Waals surface area contributed by atoms with E-state index >= 15 is 0 Å². The molecule has 0 spiro atoms. The van der Waals surface area contributed by atoms with Crippen molar-refractivity contribution < 1.29 is 8.88 Å². The van der Waals surface area contributed by atoms with Crippen LogP contribution < -0.4 is 15.2 Å². The molecular weight excluding hydrogens is 321 g/mol. The molecule has 0 atom stereocenters. The molecule has 2 aromatic rings. The first-order chi connectivity index (χ1) is 9.45. The number of H-pyrrole nitrogens is 1. The van der Waals surface area contributed by atoms with E-state index in [4.69, 9.17) is 28.9 Å². The third-order valence-corrected chi connectivity index (χ3v) is 3.76. The van der Waals surface area contributed by atoms with Gasteiger partial charge in [-0.3, -0.25) is 9.59 Å². The molecule has 104 valence electrons. The topological polar surface area (TPSA) is 79.8 Å². The van der Waals surface area contributed by atoms with Crippen LogP contribution in [0.2, 0.25) is 10.0 Å². The molecular formula is C12H10Cl2N3O2S+. The Hall–Kier alpha value is -1.50. The molecule has 1 heterocycles. The van der Waals surface area contributed by atoms with Gasteiger partial charge in [-0.2, -0.15) is 0 Å². The molecule has 0 bridgehead atoms. The van der Waals surface area contributed by atoms with E-state index in [0.29, 0.717) is 15.6 Å². The zero-order chi connectivity index (χ0) is 14.7. The van der Waals surface area contributed by atoms with E-state index < -0.39 is 0 Å². The van der Waals surface area contributed by atoms with E-state index in [1.54, 1.807) is 12.1 Å². The van der Waals surface area contributed by atoms with Crippen LogP contribution in [-0.4, -0.2) is 16.6 Å². The summed E-state index contributed by atoms with van der Waals surface area (Å²) in [6.07, 6.45) is 1.30. The number of carbonyl (C=O) groups excluding carboxylic acids is 1. The highest BCUT2D eigenvalue weighted by molar-refractivity contribution is 7.93. The molecule has 0 saturated carbocycles. The van der Waals surface area contributed by atoms with Gasteiger partial charge in [-0.15, -0.1) is 5.10 Å². The van der Waals surface area contributed by atoms with Gasteiger partial charge in [-0.25, -0.2) is 0 Å². The average molecular weight is 331 g/mol. The summed E-state index contributed by atoms with van der Waals surface area (Å²) in [6.45, 7) is 0. The van der Waals surface area contributed by atoms with Crippen LogP contribution in [-0.2, 0) is 0 Å². The molecule has 0 unspecified atom stereocenters. The van der Waals surface area contributed by atoms with Crippen molar-refractivity contribution in [3.63, 3.8) is 0 Å². The number of halogens is 2. The molecule has 0 radical (unpaired) electrons. The van der Waals surface area contributed by atoms with Crippen molar-refractivity contribution in [1.29, 1.82) is 0 Å². The molecule has 0 fully saturated rings.